The van der Waals surface area contributed by atoms with Gasteiger partial charge >= 0.3 is 0 Å². The predicted molar refractivity (Wildman–Crippen MR) is 194 cm³/mol. The molecule has 51 heavy (non-hydrogen) atoms. The zero-order valence-corrected chi connectivity index (χ0v) is 29.4. The maximum Gasteiger partial charge on any atom is 0.243 e. The van der Waals surface area contributed by atoms with Gasteiger partial charge in [-0.1, -0.05) is 18.6 Å². The lowest BCUT2D eigenvalue weighted by atomic mass is 10.1. The van der Waals surface area contributed by atoms with Crippen molar-refractivity contribution in [3.8, 4) is 0 Å². The van der Waals surface area contributed by atoms with Gasteiger partial charge in [0.1, 0.15) is 12.1 Å². The predicted octanol–water partition coefficient (Wildman–Crippen LogP) is -2.66. The number of benzene rings is 1. The Morgan fingerprint density at radius 3 is 2.12 bits per heavy atom. The Morgan fingerprint density at radius 2 is 1.45 bits per heavy atom. The SMILES string of the molecule is NC(=O)[C@@H](CCCN=C(N)N)NC(=O)[C@@H](CCCN=C(N)N)NC(=O)CCCCCNC(=O)CNCCNS(=O)(=O)c1cccc2cnccc12. The van der Waals surface area contributed by atoms with Gasteiger partial charge in [0.05, 0.1) is 11.4 Å². The number of nitrogens with zero attached hydrogens (tertiary/aromatic N) is 3. The summed E-state index contributed by atoms with van der Waals surface area (Å²) in [6, 6.07) is 4.67. The quantitative estimate of drug-likeness (QED) is 0.0284. The summed E-state index contributed by atoms with van der Waals surface area (Å²) in [5, 5.41) is 12.3. The van der Waals surface area contributed by atoms with E-state index < -0.39 is 33.9 Å². The molecule has 0 saturated carbocycles. The fraction of sp³-hybridized carbons (Fsp3) is 0.516. The number of hydrogen-bond acceptors (Lipinski definition) is 10. The molecule has 1 heterocycles. The number of carbonyl (C=O) groups excluding carboxylic acids is 4. The molecule has 0 radical (unpaired) electrons. The molecule has 1 aromatic heterocycles. The average Bonchev–Trinajstić information content (AvgIpc) is 3.08. The lowest BCUT2D eigenvalue weighted by Crippen LogP contribution is -2.53. The molecule has 0 saturated heterocycles. The zero-order valence-electron chi connectivity index (χ0n) is 28.6. The second-order valence-corrected chi connectivity index (χ2v) is 13.3. The molecule has 15 N–H and O–H groups in total. The number of nitrogens with two attached hydrogens (primary N) is 5. The molecule has 0 aliphatic rings. The number of fused-ring (bicyclic) bond motifs is 1. The Hall–Kier alpha value is -5.08. The first-order valence-corrected chi connectivity index (χ1v) is 18.1. The molecule has 19 nitrogen and oxygen atoms in total. The van der Waals surface area contributed by atoms with Crippen LogP contribution in [0.4, 0.5) is 0 Å². The number of aliphatic imine (C=N–C) groups is 2. The number of carbonyl (C=O) groups is 4. The summed E-state index contributed by atoms with van der Waals surface area (Å²) in [6.07, 6.45) is 6.20. The van der Waals surface area contributed by atoms with Crippen LogP contribution in [0.25, 0.3) is 10.8 Å². The van der Waals surface area contributed by atoms with Crippen LogP contribution < -0.4 is 54.7 Å². The molecule has 2 atom stereocenters. The van der Waals surface area contributed by atoms with Gasteiger partial charge < -0.3 is 49.9 Å². The molecule has 4 amide bonds. The van der Waals surface area contributed by atoms with Gasteiger partial charge in [-0.05, 0) is 50.7 Å². The molecule has 0 unspecified atom stereocenters. The van der Waals surface area contributed by atoms with E-state index in [-0.39, 0.29) is 80.6 Å². The number of guanidine groups is 2. The van der Waals surface area contributed by atoms with Gasteiger partial charge in [-0.15, -0.1) is 0 Å². The van der Waals surface area contributed by atoms with Crippen molar-refractivity contribution in [3.05, 3.63) is 36.7 Å². The zero-order chi connectivity index (χ0) is 37.6. The number of aromatic nitrogens is 1. The minimum Gasteiger partial charge on any atom is -0.370 e. The summed E-state index contributed by atoms with van der Waals surface area (Å²) in [5.74, 6) is -2.11. The van der Waals surface area contributed by atoms with Crippen LogP contribution in [0.5, 0.6) is 0 Å². The highest BCUT2D eigenvalue weighted by molar-refractivity contribution is 7.89. The second kappa shape index (κ2) is 22.6. The summed E-state index contributed by atoms with van der Waals surface area (Å²) >= 11 is 0. The maximum absolute atomic E-state index is 13.0. The normalized spacial score (nSPS) is 12.3. The van der Waals surface area contributed by atoms with Crippen molar-refractivity contribution < 1.29 is 27.6 Å². The van der Waals surface area contributed by atoms with Gasteiger partial charge in [-0.2, -0.15) is 0 Å². The fourth-order valence-electron chi connectivity index (χ4n) is 4.86. The molecule has 1 aromatic carbocycles. The number of nitrogens with one attached hydrogen (secondary N) is 5. The lowest BCUT2D eigenvalue weighted by Gasteiger charge is -2.22. The second-order valence-electron chi connectivity index (χ2n) is 11.6. The smallest absolute Gasteiger partial charge is 0.243 e. The van der Waals surface area contributed by atoms with Crippen molar-refractivity contribution in [2.75, 3.05) is 39.3 Å². The molecular formula is C31H51N13O6S. The molecule has 0 spiro atoms. The van der Waals surface area contributed by atoms with Crippen LogP contribution in [0, 0.1) is 0 Å². The minimum absolute atomic E-state index is 0.00356. The Morgan fingerprint density at radius 1 is 0.765 bits per heavy atom. The molecule has 282 valence electrons. The topological polar surface area (TPSA) is 330 Å². The summed E-state index contributed by atoms with van der Waals surface area (Å²) in [6.45, 7) is 1.21. The third-order valence-electron chi connectivity index (χ3n) is 7.41. The first-order chi connectivity index (χ1) is 24.3. The molecule has 20 heteroatoms. The van der Waals surface area contributed by atoms with E-state index in [4.69, 9.17) is 28.7 Å². The number of hydrogen-bond donors (Lipinski definition) is 10. The number of rotatable bonds is 25. The standard InChI is InChI=1S/C31H51N13O6S/c32-28(47)23(8-5-14-40-30(33)34)44-29(48)24(9-6-15-41-31(35)36)43-26(45)11-2-1-3-13-39-27(46)20-38-17-18-42-51(49,50)25-10-4-7-21-19-37-16-12-22(21)25/h4,7,10,12,16,19,23-24,38,42H,1-3,5-6,8-9,11,13-15,17-18,20H2,(H2,32,47)(H,39,46)(H,43,45)(H,44,48)(H4,33,34,40)(H4,35,36,41)/t23-,24-/m1/s1. The van der Waals surface area contributed by atoms with Crippen molar-refractivity contribution in [2.24, 2.45) is 38.7 Å². The third-order valence-corrected chi connectivity index (χ3v) is 8.93. The molecule has 0 fully saturated rings. The number of unbranched alkanes of at least 4 members (excludes halogenated alkanes) is 2. The van der Waals surface area contributed by atoms with E-state index in [1.165, 1.54) is 12.3 Å². The lowest BCUT2D eigenvalue weighted by molar-refractivity contribution is -0.131. The molecule has 2 aromatic rings. The first kappa shape index (κ1) is 42.1. The molecular weight excluding hydrogens is 682 g/mol. The highest BCUT2D eigenvalue weighted by Gasteiger charge is 2.25. The van der Waals surface area contributed by atoms with Gasteiger partial charge in [0.15, 0.2) is 11.9 Å². The first-order valence-electron chi connectivity index (χ1n) is 16.6. The van der Waals surface area contributed by atoms with Crippen LogP contribution in [-0.4, -0.2) is 100 Å². The van der Waals surface area contributed by atoms with Crippen molar-refractivity contribution in [1.29, 1.82) is 0 Å². The van der Waals surface area contributed by atoms with Crippen molar-refractivity contribution >= 4 is 56.3 Å². The van der Waals surface area contributed by atoms with E-state index in [2.05, 4.69) is 41.0 Å². The van der Waals surface area contributed by atoms with E-state index in [1.807, 2.05) is 0 Å². The monoisotopic (exact) mass is 733 g/mol. The molecule has 0 bridgehead atoms. The van der Waals surface area contributed by atoms with E-state index in [9.17, 15) is 27.6 Å². The van der Waals surface area contributed by atoms with Gasteiger partial charge in [-0.25, -0.2) is 13.1 Å². The largest absolute Gasteiger partial charge is 0.370 e. The maximum atomic E-state index is 13.0. The Kier molecular flexibility index (Phi) is 18.7. The number of pyridine rings is 1. The van der Waals surface area contributed by atoms with Crippen LogP contribution in [0.1, 0.15) is 51.4 Å². The number of amides is 4. The summed E-state index contributed by atoms with van der Waals surface area (Å²) in [5.41, 5.74) is 26.8. The van der Waals surface area contributed by atoms with E-state index in [0.29, 0.717) is 49.4 Å². The van der Waals surface area contributed by atoms with Crippen molar-refractivity contribution in [3.63, 3.8) is 0 Å². The van der Waals surface area contributed by atoms with Crippen LogP contribution >= 0.6 is 0 Å². The molecule has 0 aliphatic heterocycles. The number of sulfonamides is 1. The van der Waals surface area contributed by atoms with Gasteiger partial charge in [0.2, 0.25) is 33.7 Å². The van der Waals surface area contributed by atoms with E-state index >= 15 is 0 Å². The van der Waals surface area contributed by atoms with Crippen LogP contribution in [0.2, 0.25) is 0 Å². The van der Waals surface area contributed by atoms with Crippen molar-refractivity contribution in [1.82, 2.24) is 31.0 Å². The fourth-order valence-corrected chi connectivity index (χ4v) is 6.12. The summed E-state index contributed by atoms with van der Waals surface area (Å²) in [4.78, 5) is 61.7. The van der Waals surface area contributed by atoms with Crippen LogP contribution in [0.15, 0.2) is 51.5 Å². The van der Waals surface area contributed by atoms with Gasteiger partial charge in [0, 0.05) is 62.3 Å². The molecule has 2 rings (SSSR count). The third kappa shape index (κ3) is 16.9. The molecule has 0 aliphatic carbocycles. The van der Waals surface area contributed by atoms with Crippen LogP contribution in [-0.2, 0) is 29.2 Å². The van der Waals surface area contributed by atoms with Gasteiger partial charge in [-0.3, -0.25) is 34.1 Å². The Labute approximate surface area is 297 Å². The van der Waals surface area contributed by atoms with E-state index in [0.717, 1.165) is 0 Å². The van der Waals surface area contributed by atoms with Crippen LogP contribution in [0.3, 0.4) is 0 Å². The van der Waals surface area contributed by atoms with Crippen molar-refractivity contribution in [2.45, 2.75) is 68.3 Å². The highest BCUT2D eigenvalue weighted by atomic mass is 32.2. The summed E-state index contributed by atoms with van der Waals surface area (Å²) < 4.78 is 28.1. The van der Waals surface area contributed by atoms with Gasteiger partial charge in [0.25, 0.3) is 0 Å². The van der Waals surface area contributed by atoms with E-state index in [1.54, 1.807) is 24.4 Å². The Balaban J connectivity index is 1.68. The average molecular weight is 734 g/mol. The highest BCUT2D eigenvalue weighted by Crippen LogP contribution is 2.21. The summed E-state index contributed by atoms with van der Waals surface area (Å²) in [7, 11) is -3.76. The Bertz CT molecular complexity index is 1610. The number of primary amides is 1. The minimum atomic E-state index is -3.76.